The average molecular weight is 430 g/mol. The summed E-state index contributed by atoms with van der Waals surface area (Å²) in [6, 6.07) is 14.6. The van der Waals surface area contributed by atoms with Gasteiger partial charge in [-0.05, 0) is 73.8 Å². The summed E-state index contributed by atoms with van der Waals surface area (Å²) in [5.74, 6) is 0.281. The Morgan fingerprint density at radius 1 is 1.23 bits per heavy atom. The number of sulfonamides is 1. The Balaban J connectivity index is 1.65. The molecule has 3 atom stereocenters. The number of hydrogen-bond acceptors (Lipinski definition) is 5. The van der Waals surface area contributed by atoms with E-state index < -0.39 is 10.0 Å². The van der Waals surface area contributed by atoms with Crippen molar-refractivity contribution in [3.8, 4) is 5.75 Å². The molecule has 1 aliphatic carbocycles. The first-order valence-corrected chi connectivity index (χ1v) is 12.1. The van der Waals surface area contributed by atoms with Crippen molar-refractivity contribution < 1.29 is 13.5 Å². The van der Waals surface area contributed by atoms with Crippen LogP contribution < -0.4 is 10.0 Å². The van der Waals surface area contributed by atoms with E-state index >= 15 is 0 Å². The Morgan fingerprint density at radius 2 is 1.93 bits per heavy atom. The van der Waals surface area contributed by atoms with Gasteiger partial charge >= 0.3 is 0 Å². The van der Waals surface area contributed by atoms with Gasteiger partial charge < -0.3 is 14.9 Å². The van der Waals surface area contributed by atoms with E-state index in [1.165, 1.54) is 11.1 Å². The molecule has 2 aromatic carbocycles. The lowest BCUT2D eigenvalue weighted by Crippen LogP contribution is -2.66. The number of anilines is 1. The second-order valence-corrected chi connectivity index (χ2v) is 10.8. The highest BCUT2D eigenvalue weighted by molar-refractivity contribution is 7.89. The zero-order valence-electron chi connectivity index (χ0n) is 17.9. The van der Waals surface area contributed by atoms with Gasteiger partial charge in [0.25, 0.3) is 0 Å². The monoisotopic (exact) mass is 429 g/mol. The summed E-state index contributed by atoms with van der Waals surface area (Å²) >= 11 is 0. The largest absolute Gasteiger partial charge is 0.508 e. The molecule has 0 radical (unpaired) electrons. The summed E-state index contributed by atoms with van der Waals surface area (Å²) < 4.78 is 22.5. The lowest BCUT2D eigenvalue weighted by Gasteiger charge is -2.57. The Labute approximate surface area is 179 Å². The Bertz CT molecular complexity index is 1040. The number of benzene rings is 2. The number of rotatable bonds is 5. The molecular weight excluding hydrogens is 398 g/mol. The number of fused-ring (bicyclic) bond motifs is 4. The predicted molar refractivity (Wildman–Crippen MR) is 121 cm³/mol. The quantitative estimate of drug-likeness (QED) is 0.761. The lowest BCUT2D eigenvalue weighted by molar-refractivity contribution is 0.0834. The molecule has 0 amide bonds. The van der Waals surface area contributed by atoms with Gasteiger partial charge in [-0.1, -0.05) is 25.1 Å². The van der Waals surface area contributed by atoms with E-state index in [1.807, 2.05) is 18.2 Å². The van der Waals surface area contributed by atoms with Crippen LogP contribution in [-0.2, 0) is 28.3 Å². The number of hydrogen-bond donors (Lipinski definition) is 2. The molecule has 162 valence electrons. The van der Waals surface area contributed by atoms with Crippen molar-refractivity contribution in [3.63, 3.8) is 0 Å². The molecule has 30 heavy (non-hydrogen) atoms. The van der Waals surface area contributed by atoms with Crippen molar-refractivity contribution >= 4 is 15.7 Å². The average Bonchev–Trinajstić information content (AvgIpc) is 2.69. The fourth-order valence-corrected chi connectivity index (χ4v) is 5.97. The number of likely N-dealkylation sites (tertiary alicyclic amines) is 1. The molecule has 2 bridgehead atoms. The van der Waals surface area contributed by atoms with E-state index in [-0.39, 0.29) is 17.2 Å². The van der Waals surface area contributed by atoms with E-state index in [0.29, 0.717) is 18.2 Å². The summed E-state index contributed by atoms with van der Waals surface area (Å²) in [7, 11) is 0.884. The molecule has 4 rings (SSSR count). The minimum Gasteiger partial charge on any atom is -0.508 e. The fourth-order valence-electron chi connectivity index (χ4n) is 5.45. The summed E-state index contributed by atoms with van der Waals surface area (Å²) in [4.78, 5) is 4.82. The van der Waals surface area contributed by atoms with Gasteiger partial charge in [-0.25, -0.2) is 13.6 Å². The molecule has 1 aliphatic heterocycles. The maximum atomic E-state index is 11.2. The van der Waals surface area contributed by atoms with Crippen molar-refractivity contribution in [1.29, 1.82) is 0 Å². The third-order valence-corrected chi connectivity index (χ3v) is 7.91. The molecule has 1 unspecified atom stereocenters. The minimum absolute atomic E-state index is 0.0456. The molecule has 1 heterocycles. The predicted octanol–water partition coefficient (Wildman–Crippen LogP) is 2.25. The standard InChI is InChI=1S/C23H31N3O3S/c1-23-11-12-25(2)21(14-17-6-9-19(27)15-20(17)23)22(23)26(3)18-7-4-16(5-8-18)10-13-30(24,28)29/h4-9,15,21-22,27H,10-14H2,1-3H3,(H2,24,28,29)/t21?,22-,23+/m0/s1. The second kappa shape index (κ2) is 7.55. The maximum absolute atomic E-state index is 11.2. The van der Waals surface area contributed by atoms with Gasteiger partial charge in [0.2, 0.25) is 10.0 Å². The van der Waals surface area contributed by atoms with Gasteiger partial charge in [0.1, 0.15) is 5.75 Å². The molecule has 1 fully saturated rings. The number of aryl methyl sites for hydroxylation is 1. The van der Waals surface area contributed by atoms with Gasteiger partial charge in [-0.2, -0.15) is 0 Å². The van der Waals surface area contributed by atoms with Crippen molar-refractivity contribution in [2.45, 2.75) is 43.7 Å². The van der Waals surface area contributed by atoms with Crippen LogP contribution in [0.25, 0.3) is 0 Å². The van der Waals surface area contributed by atoms with Crippen LogP contribution in [0.2, 0.25) is 0 Å². The van der Waals surface area contributed by atoms with Crippen LogP contribution in [0.1, 0.15) is 30.0 Å². The molecule has 0 saturated carbocycles. The number of primary sulfonamides is 1. The van der Waals surface area contributed by atoms with E-state index in [4.69, 9.17) is 5.14 Å². The van der Waals surface area contributed by atoms with E-state index in [9.17, 15) is 13.5 Å². The third-order valence-electron chi connectivity index (χ3n) is 7.14. The Kier molecular flexibility index (Phi) is 5.33. The Hall–Kier alpha value is -2.09. The second-order valence-electron chi connectivity index (χ2n) is 9.10. The van der Waals surface area contributed by atoms with Crippen LogP contribution in [0.5, 0.6) is 5.75 Å². The molecule has 2 aliphatic rings. The molecular formula is C23H31N3O3S. The normalized spacial score (nSPS) is 26.3. The smallest absolute Gasteiger partial charge is 0.209 e. The molecule has 0 aromatic heterocycles. The molecule has 1 saturated heterocycles. The first-order valence-electron chi connectivity index (χ1n) is 10.4. The number of aromatic hydroxyl groups is 1. The number of likely N-dealkylation sites (N-methyl/N-ethyl adjacent to an activating group) is 2. The van der Waals surface area contributed by atoms with E-state index in [2.05, 4.69) is 49.0 Å². The van der Waals surface area contributed by atoms with Gasteiger partial charge in [0.15, 0.2) is 0 Å². The van der Waals surface area contributed by atoms with E-state index in [1.54, 1.807) is 6.07 Å². The van der Waals surface area contributed by atoms with Gasteiger partial charge in [-0.3, -0.25) is 0 Å². The molecule has 6 nitrogen and oxygen atoms in total. The summed E-state index contributed by atoms with van der Waals surface area (Å²) in [6.45, 7) is 3.36. The molecule has 7 heteroatoms. The van der Waals surface area contributed by atoms with Gasteiger partial charge in [0, 0.05) is 24.2 Å². The zero-order valence-corrected chi connectivity index (χ0v) is 18.7. The van der Waals surface area contributed by atoms with Crippen LogP contribution in [0.15, 0.2) is 42.5 Å². The fraction of sp³-hybridized carbons (Fsp3) is 0.478. The highest BCUT2D eigenvalue weighted by atomic mass is 32.2. The topological polar surface area (TPSA) is 86.9 Å². The highest BCUT2D eigenvalue weighted by Gasteiger charge is 2.51. The van der Waals surface area contributed by atoms with Crippen LogP contribution in [-0.4, -0.2) is 56.9 Å². The first kappa shape index (κ1) is 21.2. The summed E-state index contributed by atoms with van der Waals surface area (Å²) in [5.41, 5.74) is 4.59. The maximum Gasteiger partial charge on any atom is 0.209 e. The summed E-state index contributed by atoms with van der Waals surface area (Å²) in [6.07, 6.45) is 2.41. The molecule has 3 N–H and O–H groups in total. The van der Waals surface area contributed by atoms with Gasteiger partial charge in [-0.15, -0.1) is 0 Å². The minimum atomic E-state index is -3.46. The lowest BCUT2D eigenvalue weighted by atomic mass is 9.61. The Morgan fingerprint density at radius 3 is 2.60 bits per heavy atom. The summed E-state index contributed by atoms with van der Waals surface area (Å²) in [5, 5.41) is 15.3. The number of phenolic OH excluding ortho intramolecular Hbond substituents is 1. The molecule has 0 spiro atoms. The number of phenols is 1. The van der Waals surface area contributed by atoms with E-state index in [0.717, 1.165) is 30.6 Å². The van der Waals surface area contributed by atoms with Crippen molar-refractivity contribution in [2.75, 3.05) is 31.3 Å². The SMILES string of the molecule is CN1CC[C@]2(C)c3cc(O)ccc3CC1[C@@H]2N(C)c1ccc(CCS(N)(=O)=O)cc1. The highest BCUT2D eigenvalue weighted by Crippen LogP contribution is 2.48. The number of nitrogens with two attached hydrogens (primary N) is 1. The van der Waals surface area contributed by atoms with Crippen molar-refractivity contribution in [2.24, 2.45) is 5.14 Å². The van der Waals surface area contributed by atoms with Crippen molar-refractivity contribution in [3.05, 3.63) is 59.2 Å². The van der Waals surface area contributed by atoms with Crippen LogP contribution in [0, 0.1) is 0 Å². The zero-order chi connectivity index (χ0) is 21.7. The number of nitrogens with zero attached hydrogens (tertiary/aromatic N) is 2. The van der Waals surface area contributed by atoms with Crippen LogP contribution in [0.4, 0.5) is 5.69 Å². The molecule has 2 aromatic rings. The van der Waals surface area contributed by atoms with Crippen molar-refractivity contribution in [1.82, 2.24) is 4.90 Å². The third kappa shape index (κ3) is 3.82. The van der Waals surface area contributed by atoms with Gasteiger partial charge in [0.05, 0.1) is 11.8 Å². The first-order chi connectivity index (χ1) is 14.1. The van der Waals surface area contributed by atoms with Crippen LogP contribution in [0.3, 0.4) is 0 Å². The number of piperidine rings is 1. The van der Waals surface area contributed by atoms with Crippen LogP contribution >= 0.6 is 0 Å².